The smallest absolute Gasteiger partial charge is 0.456 e. The van der Waals surface area contributed by atoms with E-state index in [1.165, 1.54) is 289 Å². The Morgan fingerprint density at radius 3 is 1.04 bits per heavy atom. The van der Waals surface area contributed by atoms with Crippen molar-refractivity contribution in [1.82, 2.24) is 5.32 Å². The van der Waals surface area contributed by atoms with E-state index in [2.05, 4.69) is 68.6 Å². The SMILES string of the molecule is CCCCC/C=C\C/C=C\C/C=C\CCCCCCCCCCCCC(=O)OC(/C=C/CCCCCCCCCCCCC)C(COP(=O)(O)OCC[N+](C)(C)C)NC(=O)CCCCCCCCCCCCCCCCCCCCCCCCCCCCC. The standard InChI is InChI=1S/C79H151N2O7P/c1-7-10-13-16-19-22-25-28-30-32-34-36-38-39-40-41-43-44-46-48-50-53-56-59-62-65-68-71-78(82)80-76(75-87-89(84,85)86-74-73-81(4,5)6)77(70-67-64-61-58-55-52-27-24-21-18-15-12-9-3)88-79(83)72-69-66-63-60-57-54-51-49-47-45-42-37-35-33-31-29-26-23-20-17-14-11-8-2/h20,23,29,31,35,37,67,70,76-77H,7-19,21-22,24-28,30,32-34,36,38-66,68-69,71-75H2,1-6H3,(H-,80,82,84,85)/p+1/b23-20-,31-29-,37-35-,70-67+. The fourth-order valence-corrected chi connectivity index (χ4v) is 12.5. The van der Waals surface area contributed by atoms with Crippen molar-refractivity contribution in [3.05, 3.63) is 48.6 Å². The van der Waals surface area contributed by atoms with Crippen LogP contribution in [0.3, 0.4) is 0 Å². The predicted octanol–water partition coefficient (Wildman–Crippen LogP) is 25.1. The number of unbranched alkanes of at least 4 members (excludes halogenated alkanes) is 50. The Morgan fingerprint density at radius 2 is 0.685 bits per heavy atom. The maximum absolute atomic E-state index is 13.7. The number of likely N-dealkylation sites (N-methyl/N-ethyl adjacent to an activating group) is 1. The lowest BCUT2D eigenvalue weighted by molar-refractivity contribution is -0.870. The van der Waals surface area contributed by atoms with Crippen LogP contribution >= 0.6 is 7.82 Å². The number of phosphoric acid groups is 1. The molecular formula is C79H152N2O7P+. The molecule has 0 rings (SSSR count). The number of ether oxygens (including phenoxy) is 1. The van der Waals surface area contributed by atoms with Gasteiger partial charge in [0.25, 0.3) is 0 Å². The Hall–Kier alpha value is -2.03. The Kier molecular flexibility index (Phi) is 67.2. The maximum atomic E-state index is 13.7. The van der Waals surface area contributed by atoms with Gasteiger partial charge in [-0.15, -0.1) is 0 Å². The molecule has 0 radical (unpaired) electrons. The van der Waals surface area contributed by atoms with Gasteiger partial charge in [0, 0.05) is 12.8 Å². The molecule has 0 aromatic rings. The van der Waals surface area contributed by atoms with Crippen molar-refractivity contribution in [3.63, 3.8) is 0 Å². The molecule has 0 bridgehead atoms. The van der Waals surface area contributed by atoms with Gasteiger partial charge in [-0.3, -0.25) is 18.6 Å². The fraction of sp³-hybridized carbons (Fsp3) is 0.873. The number of nitrogens with one attached hydrogen (secondary N) is 1. The number of carbonyl (C=O) groups excluding carboxylic acids is 2. The summed E-state index contributed by atoms with van der Waals surface area (Å²) in [7, 11) is 1.51. The van der Waals surface area contributed by atoms with Crippen molar-refractivity contribution in [2.75, 3.05) is 40.9 Å². The molecule has 0 saturated heterocycles. The lowest BCUT2D eigenvalue weighted by atomic mass is 10.0. The lowest BCUT2D eigenvalue weighted by Crippen LogP contribution is -2.47. The predicted molar refractivity (Wildman–Crippen MR) is 388 cm³/mol. The average molecular weight is 1270 g/mol. The van der Waals surface area contributed by atoms with Gasteiger partial charge < -0.3 is 19.4 Å². The highest BCUT2D eigenvalue weighted by atomic mass is 31.2. The Balaban J connectivity index is 4.97. The molecule has 0 saturated carbocycles. The summed E-state index contributed by atoms with van der Waals surface area (Å²) in [5, 5.41) is 3.09. The zero-order valence-electron chi connectivity index (χ0n) is 60.2. The van der Waals surface area contributed by atoms with Crippen molar-refractivity contribution in [2.45, 2.75) is 405 Å². The highest BCUT2D eigenvalue weighted by Gasteiger charge is 2.30. The minimum absolute atomic E-state index is 0.0417. The van der Waals surface area contributed by atoms with Gasteiger partial charge in [-0.05, 0) is 70.3 Å². The average Bonchev–Trinajstić information content (AvgIpc) is 3.57. The monoisotopic (exact) mass is 1270 g/mol. The van der Waals surface area contributed by atoms with Crippen LogP contribution in [0.5, 0.6) is 0 Å². The number of phosphoric ester groups is 1. The van der Waals surface area contributed by atoms with Gasteiger partial charge in [-0.2, -0.15) is 0 Å². The van der Waals surface area contributed by atoms with Crippen LogP contribution in [0, 0.1) is 0 Å². The van der Waals surface area contributed by atoms with Crippen molar-refractivity contribution in [2.24, 2.45) is 0 Å². The molecule has 89 heavy (non-hydrogen) atoms. The molecule has 0 spiro atoms. The van der Waals surface area contributed by atoms with E-state index < -0.39 is 20.0 Å². The Bertz CT molecular complexity index is 1660. The van der Waals surface area contributed by atoms with Gasteiger partial charge in [0.15, 0.2) is 0 Å². The number of allylic oxidation sites excluding steroid dienone is 7. The highest BCUT2D eigenvalue weighted by molar-refractivity contribution is 7.47. The molecular weight excluding hydrogens is 1120 g/mol. The van der Waals surface area contributed by atoms with Crippen molar-refractivity contribution >= 4 is 19.7 Å². The first-order chi connectivity index (χ1) is 43.4. The number of hydrogen-bond donors (Lipinski definition) is 2. The van der Waals surface area contributed by atoms with Crippen LogP contribution in [-0.4, -0.2) is 74.3 Å². The summed E-state index contributed by atoms with van der Waals surface area (Å²) in [5.41, 5.74) is 0. The molecule has 0 aliphatic rings. The second kappa shape index (κ2) is 68.8. The minimum atomic E-state index is -4.46. The lowest BCUT2D eigenvalue weighted by Gasteiger charge is -2.27. The molecule has 1 amide bonds. The number of quaternary nitrogens is 1. The molecule has 0 heterocycles. The molecule has 2 N–H and O–H groups in total. The van der Waals surface area contributed by atoms with E-state index in [0.717, 1.165) is 70.6 Å². The molecule has 9 nitrogen and oxygen atoms in total. The largest absolute Gasteiger partial charge is 0.472 e. The van der Waals surface area contributed by atoms with Gasteiger partial charge in [0.2, 0.25) is 5.91 Å². The minimum Gasteiger partial charge on any atom is -0.456 e. The molecule has 0 aliphatic heterocycles. The molecule has 0 aromatic heterocycles. The fourth-order valence-electron chi connectivity index (χ4n) is 11.8. The third kappa shape index (κ3) is 70.1. The molecule has 10 heteroatoms. The summed E-state index contributed by atoms with van der Waals surface area (Å²) in [6.07, 6.45) is 88.5. The first-order valence-electron chi connectivity index (χ1n) is 39.0. The molecule has 3 atom stereocenters. The van der Waals surface area contributed by atoms with Gasteiger partial charge in [-0.1, -0.05) is 359 Å². The number of hydrogen-bond acceptors (Lipinski definition) is 6. The third-order valence-corrected chi connectivity index (χ3v) is 18.8. The first-order valence-corrected chi connectivity index (χ1v) is 40.5. The summed E-state index contributed by atoms with van der Waals surface area (Å²) in [6.45, 7) is 7.06. The summed E-state index contributed by atoms with van der Waals surface area (Å²) in [6, 6.07) is -0.849. The van der Waals surface area contributed by atoms with Gasteiger partial charge >= 0.3 is 13.8 Å². The van der Waals surface area contributed by atoms with Gasteiger partial charge in [0.05, 0.1) is 33.8 Å². The van der Waals surface area contributed by atoms with E-state index >= 15 is 0 Å². The number of nitrogens with zero attached hydrogens (tertiary/aromatic N) is 1. The summed E-state index contributed by atoms with van der Waals surface area (Å²) in [4.78, 5) is 38.0. The van der Waals surface area contributed by atoms with Gasteiger partial charge in [0.1, 0.15) is 19.3 Å². The Morgan fingerprint density at radius 1 is 0.393 bits per heavy atom. The van der Waals surface area contributed by atoms with Crippen molar-refractivity contribution in [3.8, 4) is 0 Å². The van der Waals surface area contributed by atoms with E-state index in [-0.39, 0.29) is 31.5 Å². The van der Waals surface area contributed by atoms with Gasteiger partial charge in [-0.25, -0.2) is 4.57 Å². The summed E-state index contributed by atoms with van der Waals surface area (Å²) < 4.78 is 30.9. The summed E-state index contributed by atoms with van der Waals surface area (Å²) >= 11 is 0. The van der Waals surface area contributed by atoms with Crippen LogP contribution in [0.15, 0.2) is 48.6 Å². The topological polar surface area (TPSA) is 111 Å². The molecule has 0 aliphatic carbocycles. The number of esters is 1. The van der Waals surface area contributed by atoms with Crippen LogP contribution in [-0.2, 0) is 27.9 Å². The van der Waals surface area contributed by atoms with E-state index in [9.17, 15) is 19.0 Å². The number of rotatable bonds is 72. The van der Waals surface area contributed by atoms with Crippen molar-refractivity contribution < 1.29 is 37.3 Å². The Labute approximate surface area is 554 Å². The molecule has 0 aromatic carbocycles. The second-order valence-corrected chi connectivity index (χ2v) is 29.3. The van der Waals surface area contributed by atoms with E-state index in [1.807, 2.05) is 27.2 Å². The van der Waals surface area contributed by atoms with E-state index in [1.54, 1.807) is 0 Å². The zero-order chi connectivity index (χ0) is 64.9. The van der Waals surface area contributed by atoms with Crippen LogP contribution in [0.25, 0.3) is 0 Å². The first kappa shape index (κ1) is 87.0. The van der Waals surface area contributed by atoms with E-state index in [4.69, 9.17) is 13.8 Å². The van der Waals surface area contributed by atoms with Crippen LogP contribution in [0.2, 0.25) is 0 Å². The molecule has 0 fully saturated rings. The highest BCUT2D eigenvalue weighted by Crippen LogP contribution is 2.43. The zero-order valence-corrected chi connectivity index (χ0v) is 61.1. The number of amides is 1. The normalized spacial score (nSPS) is 13.7. The number of carbonyl (C=O) groups is 2. The second-order valence-electron chi connectivity index (χ2n) is 27.9. The quantitative estimate of drug-likeness (QED) is 0.0205. The summed E-state index contributed by atoms with van der Waals surface area (Å²) in [5.74, 6) is -0.488. The van der Waals surface area contributed by atoms with Crippen LogP contribution in [0.4, 0.5) is 0 Å². The van der Waals surface area contributed by atoms with E-state index in [0.29, 0.717) is 17.4 Å². The van der Waals surface area contributed by atoms with Crippen LogP contribution < -0.4 is 5.32 Å². The molecule has 3 unspecified atom stereocenters. The maximum Gasteiger partial charge on any atom is 0.472 e. The van der Waals surface area contributed by atoms with Crippen LogP contribution in [0.1, 0.15) is 393 Å². The molecule has 524 valence electrons. The van der Waals surface area contributed by atoms with Crippen molar-refractivity contribution in [1.29, 1.82) is 0 Å². The third-order valence-electron chi connectivity index (χ3n) is 17.8.